The number of nitrogens with one attached hydrogen (secondary N) is 1. The van der Waals surface area contributed by atoms with Crippen molar-refractivity contribution in [2.24, 2.45) is 0 Å². The summed E-state index contributed by atoms with van der Waals surface area (Å²) >= 11 is 0. The minimum atomic E-state index is -0.346. The van der Waals surface area contributed by atoms with E-state index in [-0.39, 0.29) is 5.97 Å². The van der Waals surface area contributed by atoms with Crippen LogP contribution in [0, 0.1) is 0 Å². The van der Waals surface area contributed by atoms with Crippen LogP contribution in [0.25, 0.3) is 0 Å². The number of carbonyl (C=O) groups excluding carboxylic acids is 1. The second-order valence-corrected chi connectivity index (χ2v) is 4.31. The van der Waals surface area contributed by atoms with Crippen LogP contribution in [0.1, 0.15) is 10.4 Å². The molecule has 98 valence electrons. The first-order valence-corrected chi connectivity index (χ1v) is 5.90. The molecular weight excluding hydrogens is 232 g/mol. The molecule has 0 saturated heterocycles. The molecule has 1 unspecified atom stereocenters. The van der Waals surface area contributed by atoms with Crippen LogP contribution in [0.5, 0.6) is 5.75 Å². The van der Waals surface area contributed by atoms with Gasteiger partial charge in [0.05, 0.1) is 24.4 Å². The smallest absolute Gasteiger partial charge is 0.337 e. The lowest BCUT2D eigenvalue weighted by Gasteiger charge is -2.35. The van der Waals surface area contributed by atoms with Gasteiger partial charge in [-0.25, -0.2) is 4.79 Å². The zero-order valence-electron chi connectivity index (χ0n) is 10.9. The number of benzene rings is 1. The maximum absolute atomic E-state index is 11.4. The van der Waals surface area contributed by atoms with Gasteiger partial charge in [-0.05, 0) is 25.2 Å². The third-order valence-electron chi connectivity index (χ3n) is 3.18. The number of likely N-dealkylation sites (N-methyl/N-ethyl adjacent to an activating group) is 2. The lowest BCUT2D eigenvalue weighted by atomic mass is 10.1. The molecular formula is C13H18N2O3. The van der Waals surface area contributed by atoms with E-state index in [0.29, 0.717) is 18.2 Å². The topological polar surface area (TPSA) is 50.8 Å². The Hall–Kier alpha value is -1.75. The van der Waals surface area contributed by atoms with Crippen LogP contribution in [0.2, 0.25) is 0 Å². The summed E-state index contributed by atoms with van der Waals surface area (Å²) in [6.07, 6.45) is 0. The van der Waals surface area contributed by atoms with E-state index in [0.717, 1.165) is 18.0 Å². The van der Waals surface area contributed by atoms with Crippen molar-refractivity contribution in [3.05, 3.63) is 23.8 Å². The van der Waals surface area contributed by atoms with E-state index in [4.69, 9.17) is 9.47 Å². The monoisotopic (exact) mass is 250 g/mol. The molecule has 0 bridgehead atoms. The quantitative estimate of drug-likeness (QED) is 0.807. The summed E-state index contributed by atoms with van der Waals surface area (Å²) in [6.45, 7) is 1.46. The fraction of sp³-hybridized carbons (Fsp3) is 0.462. The van der Waals surface area contributed by atoms with Crippen molar-refractivity contribution in [2.75, 3.05) is 39.3 Å². The molecule has 0 aromatic heterocycles. The lowest BCUT2D eigenvalue weighted by molar-refractivity contribution is 0.0600. The highest BCUT2D eigenvalue weighted by Crippen LogP contribution is 2.33. The summed E-state index contributed by atoms with van der Waals surface area (Å²) in [5, 5.41) is 3.14. The molecule has 1 atom stereocenters. The molecule has 1 aliphatic rings. The Morgan fingerprint density at radius 1 is 1.61 bits per heavy atom. The van der Waals surface area contributed by atoms with Crippen LogP contribution in [-0.2, 0) is 4.74 Å². The predicted molar refractivity (Wildman–Crippen MR) is 69.4 cm³/mol. The van der Waals surface area contributed by atoms with Crippen molar-refractivity contribution < 1.29 is 14.3 Å². The van der Waals surface area contributed by atoms with Crippen molar-refractivity contribution >= 4 is 11.7 Å². The molecule has 1 aliphatic heterocycles. The number of fused-ring (bicyclic) bond motifs is 1. The van der Waals surface area contributed by atoms with E-state index >= 15 is 0 Å². The number of esters is 1. The van der Waals surface area contributed by atoms with Crippen LogP contribution in [0.15, 0.2) is 18.2 Å². The highest BCUT2D eigenvalue weighted by molar-refractivity contribution is 5.90. The van der Waals surface area contributed by atoms with Gasteiger partial charge < -0.3 is 19.7 Å². The van der Waals surface area contributed by atoms with Crippen LogP contribution in [0.4, 0.5) is 5.69 Å². The van der Waals surface area contributed by atoms with Gasteiger partial charge in [0.1, 0.15) is 12.4 Å². The maximum atomic E-state index is 11.4. The molecule has 0 saturated carbocycles. The van der Waals surface area contributed by atoms with Crippen molar-refractivity contribution in [2.45, 2.75) is 6.04 Å². The van der Waals surface area contributed by atoms with E-state index in [1.54, 1.807) is 12.1 Å². The lowest BCUT2D eigenvalue weighted by Crippen LogP contribution is -2.46. The molecule has 1 aromatic rings. The Morgan fingerprint density at radius 2 is 2.39 bits per heavy atom. The number of ether oxygens (including phenoxy) is 2. The number of hydrogen-bond acceptors (Lipinski definition) is 5. The van der Waals surface area contributed by atoms with Gasteiger partial charge in [-0.1, -0.05) is 0 Å². The fourth-order valence-electron chi connectivity index (χ4n) is 2.09. The first-order valence-electron chi connectivity index (χ1n) is 5.90. The van der Waals surface area contributed by atoms with Gasteiger partial charge in [-0.2, -0.15) is 0 Å². The normalized spacial score (nSPS) is 17.9. The van der Waals surface area contributed by atoms with E-state index in [9.17, 15) is 4.79 Å². The van der Waals surface area contributed by atoms with Gasteiger partial charge in [0.2, 0.25) is 0 Å². The summed E-state index contributed by atoms with van der Waals surface area (Å²) in [5.74, 6) is 0.383. The predicted octanol–water partition coefficient (Wildman–Crippen LogP) is 0.890. The molecule has 0 radical (unpaired) electrons. The average molecular weight is 250 g/mol. The number of rotatable bonds is 3. The number of methoxy groups -OCH3 is 1. The standard InChI is InChI=1S/C13H18N2O3/c1-14-7-10-8-18-12-6-9(13(16)17-3)4-5-11(12)15(10)2/h4-6,10,14H,7-8H2,1-3H3. The Morgan fingerprint density at radius 3 is 3.06 bits per heavy atom. The van der Waals surface area contributed by atoms with E-state index in [1.165, 1.54) is 7.11 Å². The molecule has 0 amide bonds. The fourth-order valence-corrected chi connectivity index (χ4v) is 2.09. The number of hydrogen-bond donors (Lipinski definition) is 1. The minimum absolute atomic E-state index is 0.298. The number of anilines is 1. The largest absolute Gasteiger partial charge is 0.489 e. The molecule has 5 nitrogen and oxygen atoms in total. The highest BCUT2D eigenvalue weighted by atomic mass is 16.5. The van der Waals surface area contributed by atoms with E-state index in [2.05, 4.69) is 10.2 Å². The van der Waals surface area contributed by atoms with Gasteiger partial charge in [0, 0.05) is 13.6 Å². The second kappa shape index (κ2) is 5.27. The zero-order valence-corrected chi connectivity index (χ0v) is 10.9. The molecule has 0 spiro atoms. The molecule has 0 fully saturated rings. The Labute approximate surface area is 107 Å². The summed E-state index contributed by atoms with van der Waals surface area (Å²) < 4.78 is 10.4. The van der Waals surface area contributed by atoms with Gasteiger partial charge in [-0.3, -0.25) is 0 Å². The first kappa shape index (κ1) is 12.7. The van der Waals surface area contributed by atoms with Gasteiger partial charge in [-0.15, -0.1) is 0 Å². The van der Waals surface area contributed by atoms with Gasteiger partial charge >= 0.3 is 5.97 Å². The number of nitrogens with zero attached hydrogens (tertiary/aromatic N) is 1. The van der Waals surface area contributed by atoms with E-state index in [1.807, 2.05) is 20.2 Å². The molecule has 1 aromatic carbocycles. The summed E-state index contributed by atoms with van der Waals surface area (Å²) in [4.78, 5) is 13.6. The van der Waals surface area contributed by atoms with Gasteiger partial charge in [0.15, 0.2) is 0 Å². The van der Waals surface area contributed by atoms with Crippen LogP contribution in [0.3, 0.4) is 0 Å². The molecule has 1 N–H and O–H groups in total. The Kier molecular flexibility index (Phi) is 3.72. The van der Waals surface area contributed by atoms with Gasteiger partial charge in [0.25, 0.3) is 0 Å². The molecule has 0 aliphatic carbocycles. The molecule has 5 heteroatoms. The third kappa shape index (κ3) is 2.26. The molecule has 2 rings (SSSR count). The van der Waals surface area contributed by atoms with Crippen molar-refractivity contribution in [3.63, 3.8) is 0 Å². The summed E-state index contributed by atoms with van der Waals surface area (Å²) in [5.41, 5.74) is 1.51. The average Bonchev–Trinajstić information content (AvgIpc) is 2.41. The Bertz CT molecular complexity index is 448. The van der Waals surface area contributed by atoms with Crippen molar-refractivity contribution in [1.82, 2.24) is 5.32 Å². The van der Waals surface area contributed by atoms with Crippen LogP contribution < -0.4 is 15.0 Å². The minimum Gasteiger partial charge on any atom is -0.489 e. The SMILES string of the molecule is CNCC1COc2cc(C(=O)OC)ccc2N1C. The Balaban J connectivity index is 2.26. The second-order valence-electron chi connectivity index (χ2n) is 4.31. The van der Waals surface area contributed by atoms with Crippen LogP contribution in [-0.4, -0.2) is 46.4 Å². The molecule has 1 heterocycles. The highest BCUT2D eigenvalue weighted by Gasteiger charge is 2.25. The maximum Gasteiger partial charge on any atom is 0.337 e. The van der Waals surface area contributed by atoms with Crippen LogP contribution >= 0.6 is 0 Å². The van der Waals surface area contributed by atoms with E-state index < -0.39 is 0 Å². The number of carbonyl (C=O) groups is 1. The first-order chi connectivity index (χ1) is 8.67. The summed E-state index contributed by atoms with van der Waals surface area (Å²) in [6, 6.07) is 5.68. The molecule has 18 heavy (non-hydrogen) atoms. The zero-order chi connectivity index (χ0) is 13.1. The van der Waals surface area contributed by atoms with Crippen molar-refractivity contribution in [1.29, 1.82) is 0 Å². The third-order valence-corrected chi connectivity index (χ3v) is 3.18. The summed E-state index contributed by atoms with van der Waals surface area (Å²) in [7, 11) is 5.32. The van der Waals surface area contributed by atoms with Crippen molar-refractivity contribution in [3.8, 4) is 5.75 Å².